The predicted molar refractivity (Wildman–Crippen MR) is 67.2 cm³/mol. The molecule has 0 atom stereocenters. The zero-order valence-corrected chi connectivity index (χ0v) is 10.1. The molecule has 0 fully saturated rings. The van der Waals surface area contributed by atoms with Crippen LogP contribution in [0.15, 0.2) is 48.5 Å². The van der Waals surface area contributed by atoms with Crippen molar-refractivity contribution < 1.29 is 18.3 Å². The smallest absolute Gasteiger partial charge is 0.166 e. The van der Waals surface area contributed by atoms with Gasteiger partial charge in [0.1, 0.15) is 5.82 Å². The van der Waals surface area contributed by atoms with Crippen molar-refractivity contribution in [1.29, 1.82) is 0 Å². The van der Waals surface area contributed by atoms with Crippen LogP contribution in [0.2, 0.25) is 0 Å². The molecule has 0 amide bonds. The van der Waals surface area contributed by atoms with Crippen LogP contribution >= 0.6 is 0 Å². The topological polar surface area (TPSA) is 26.3 Å². The molecular weight excluding hydrogens is 250 g/mol. The molecule has 0 aromatic heterocycles. The van der Waals surface area contributed by atoms with E-state index in [0.717, 1.165) is 0 Å². The summed E-state index contributed by atoms with van der Waals surface area (Å²) in [6, 6.07) is 11.3. The summed E-state index contributed by atoms with van der Waals surface area (Å²) in [7, 11) is 0. The van der Waals surface area contributed by atoms with Gasteiger partial charge in [0, 0.05) is 12.0 Å². The number of carbonyl (C=O) groups is 1. The Kier molecular flexibility index (Phi) is 4.23. The number of carbonyl (C=O) groups excluding carboxylic acids is 1. The minimum absolute atomic E-state index is 0.0805. The Bertz CT molecular complexity index is 565. The highest BCUT2D eigenvalue weighted by Gasteiger charge is 2.07. The SMILES string of the molecule is O=C(CCOc1ccccc1F)c1ccc(F)cc1. The predicted octanol–water partition coefficient (Wildman–Crippen LogP) is 3.62. The Morgan fingerprint density at radius 3 is 2.37 bits per heavy atom. The molecule has 0 N–H and O–H groups in total. The quantitative estimate of drug-likeness (QED) is 0.769. The van der Waals surface area contributed by atoms with Gasteiger partial charge in [0.05, 0.1) is 6.61 Å². The van der Waals surface area contributed by atoms with Gasteiger partial charge in [0.25, 0.3) is 0 Å². The zero-order chi connectivity index (χ0) is 13.7. The van der Waals surface area contributed by atoms with Crippen LogP contribution in [0, 0.1) is 11.6 Å². The first-order valence-corrected chi connectivity index (χ1v) is 5.83. The number of halogens is 2. The van der Waals surface area contributed by atoms with Gasteiger partial charge in [-0.1, -0.05) is 12.1 Å². The molecule has 0 saturated carbocycles. The average Bonchev–Trinajstić information content (AvgIpc) is 2.41. The van der Waals surface area contributed by atoms with Crippen molar-refractivity contribution in [3.8, 4) is 5.75 Å². The van der Waals surface area contributed by atoms with Crippen molar-refractivity contribution in [3.05, 3.63) is 65.7 Å². The third-order valence-electron chi connectivity index (χ3n) is 2.59. The van der Waals surface area contributed by atoms with Gasteiger partial charge in [-0.3, -0.25) is 4.79 Å². The molecule has 4 heteroatoms. The third-order valence-corrected chi connectivity index (χ3v) is 2.59. The number of ether oxygens (including phenoxy) is 1. The van der Waals surface area contributed by atoms with Crippen LogP contribution in [0.5, 0.6) is 5.75 Å². The van der Waals surface area contributed by atoms with Crippen molar-refractivity contribution in [2.24, 2.45) is 0 Å². The van der Waals surface area contributed by atoms with E-state index in [9.17, 15) is 13.6 Å². The Hall–Kier alpha value is -2.23. The van der Waals surface area contributed by atoms with Gasteiger partial charge < -0.3 is 4.74 Å². The average molecular weight is 262 g/mol. The number of Topliss-reactive ketones (excluding diaryl/α,β-unsaturated/α-hetero) is 1. The van der Waals surface area contributed by atoms with Crippen LogP contribution < -0.4 is 4.74 Å². The maximum absolute atomic E-state index is 13.2. The first kappa shape index (κ1) is 13.2. The van der Waals surface area contributed by atoms with E-state index in [0.29, 0.717) is 5.56 Å². The second-order valence-electron chi connectivity index (χ2n) is 3.96. The molecule has 2 nitrogen and oxygen atoms in total. The Balaban J connectivity index is 1.88. The van der Waals surface area contributed by atoms with Gasteiger partial charge in [-0.15, -0.1) is 0 Å². The van der Waals surface area contributed by atoms with Gasteiger partial charge in [-0.2, -0.15) is 0 Å². The summed E-state index contributed by atoms with van der Waals surface area (Å²) in [5.41, 5.74) is 0.415. The molecule has 0 aliphatic rings. The fourth-order valence-electron chi connectivity index (χ4n) is 1.60. The number of hydrogen-bond donors (Lipinski definition) is 0. The standard InChI is InChI=1S/C15H12F2O2/c16-12-7-5-11(6-8-12)14(18)9-10-19-15-4-2-1-3-13(15)17/h1-8H,9-10H2. The number of hydrogen-bond acceptors (Lipinski definition) is 2. The number of para-hydroxylation sites is 1. The van der Waals surface area contributed by atoms with E-state index in [1.165, 1.54) is 36.4 Å². The van der Waals surface area contributed by atoms with Gasteiger partial charge in [-0.25, -0.2) is 8.78 Å². The van der Waals surface area contributed by atoms with Crippen molar-refractivity contribution in [2.75, 3.05) is 6.61 Å². The van der Waals surface area contributed by atoms with E-state index in [-0.39, 0.29) is 30.4 Å². The maximum Gasteiger partial charge on any atom is 0.166 e. The minimum atomic E-state index is -0.461. The van der Waals surface area contributed by atoms with Gasteiger partial charge in [0.2, 0.25) is 0 Å². The van der Waals surface area contributed by atoms with E-state index < -0.39 is 5.82 Å². The lowest BCUT2D eigenvalue weighted by molar-refractivity contribution is 0.0961. The molecule has 19 heavy (non-hydrogen) atoms. The molecule has 0 aliphatic heterocycles. The monoisotopic (exact) mass is 262 g/mol. The van der Waals surface area contributed by atoms with Crippen LogP contribution in [0.1, 0.15) is 16.8 Å². The van der Waals surface area contributed by atoms with E-state index >= 15 is 0 Å². The summed E-state index contributed by atoms with van der Waals surface area (Å²) in [4.78, 5) is 11.7. The lowest BCUT2D eigenvalue weighted by Crippen LogP contribution is -2.07. The summed E-state index contributed by atoms with van der Waals surface area (Å²) >= 11 is 0. The van der Waals surface area contributed by atoms with E-state index in [1.54, 1.807) is 12.1 Å². The highest BCUT2D eigenvalue weighted by atomic mass is 19.1. The Morgan fingerprint density at radius 1 is 1.00 bits per heavy atom. The Morgan fingerprint density at radius 2 is 1.68 bits per heavy atom. The van der Waals surface area contributed by atoms with E-state index in [1.807, 2.05) is 0 Å². The maximum atomic E-state index is 13.2. The first-order chi connectivity index (χ1) is 9.16. The lowest BCUT2D eigenvalue weighted by Gasteiger charge is -2.06. The second kappa shape index (κ2) is 6.09. The molecule has 0 spiro atoms. The molecule has 0 radical (unpaired) electrons. The van der Waals surface area contributed by atoms with Crippen molar-refractivity contribution in [3.63, 3.8) is 0 Å². The Labute approximate surface area is 109 Å². The molecule has 0 unspecified atom stereocenters. The van der Waals surface area contributed by atoms with Gasteiger partial charge >= 0.3 is 0 Å². The first-order valence-electron chi connectivity index (χ1n) is 5.83. The molecule has 2 aromatic rings. The molecule has 2 aromatic carbocycles. The number of ketones is 1. The van der Waals surface area contributed by atoms with Crippen molar-refractivity contribution in [2.45, 2.75) is 6.42 Å². The lowest BCUT2D eigenvalue weighted by atomic mass is 10.1. The summed E-state index contributed by atoms with van der Waals surface area (Å²) in [6.07, 6.45) is 0.111. The summed E-state index contributed by atoms with van der Waals surface area (Å²) < 4.78 is 31.1. The summed E-state index contributed by atoms with van der Waals surface area (Å²) in [6.45, 7) is 0.0805. The van der Waals surface area contributed by atoms with Gasteiger partial charge in [0.15, 0.2) is 17.3 Å². The largest absolute Gasteiger partial charge is 0.490 e. The molecule has 0 heterocycles. The van der Waals surface area contributed by atoms with Crippen molar-refractivity contribution in [1.82, 2.24) is 0 Å². The van der Waals surface area contributed by atoms with E-state index in [2.05, 4.69) is 0 Å². The summed E-state index contributed by atoms with van der Waals surface area (Å²) in [5, 5.41) is 0. The van der Waals surface area contributed by atoms with Crippen LogP contribution in [-0.4, -0.2) is 12.4 Å². The van der Waals surface area contributed by atoms with E-state index in [4.69, 9.17) is 4.74 Å². The molecule has 0 bridgehead atoms. The zero-order valence-electron chi connectivity index (χ0n) is 10.1. The molecule has 0 aliphatic carbocycles. The van der Waals surface area contributed by atoms with Crippen LogP contribution in [0.25, 0.3) is 0 Å². The third kappa shape index (κ3) is 3.61. The number of benzene rings is 2. The normalized spacial score (nSPS) is 10.2. The second-order valence-corrected chi connectivity index (χ2v) is 3.96. The number of rotatable bonds is 5. The van der Waals surface area contributed by atoms with Gasteiger partial charge in [-0.05, 0) is 36.4 Å². The minimum Gasteiger partial charge on any atom is -0.490 e. The highest BCUT2D eigenvalue weighted by molar-refractivity contribution is 5.96. The fraction of sp³-hybridized carbons (Fsp3) is 0.133. The fourth-order valence-corrected chi connectivity index (χ4v) is 1.60. The van der Waals surface area contributed by atoms with Crippen LogP contribution in [-0.2, 0) is 0 Å². The summed E-state index contributed by atoms with van der Waals surface area (Å²) in [5.74, 6) is -0.901. The van der Waals surface area contributed by atoms with Crippen LogP contribution in [0.4, 0.5) is 8.78 Å². The molecular formula is C15H12F2O2. The highest BCUT2D eigenvalue weighted by Crippen LogP contribution is 2.15. The molecule has 2 rings (SSSR count). The molecule has 98 valence electrons. The van der Waals surface area contributed by atoms with Crippen molar-refractivity contribution >= 4 is 5.78 Å². The molecule has 0 saturated heterocycles. The van der Waals surface area contributed by atoms with Crippen LogP contribution in [0.3, 0.4) is 0 Å².